The molecule has 0 aromatic rings. The molecule has 0 radical (unpaired) electrons. The van der Waals surface area contributed by atoms with E-state index in [1.807, 2.05) is 23.5 Å². The first kappa shape index (κ1) is 9.11. The lowest BCUT2D eigenvalue weighted by Crippen LogP contribution is -2.32. The second-order valence-electron chi connectivity index (χ2n) is 4.77. The molecule has 2 bridgehead atoms. The molecule has 2 saturated carbocycles. The minimum absolute atomic E-state index is 0.734. The van der Waals surface area contributed by atoms with Crippen LogP contribution in [-0.4, -0.2) is 23.7 Å². The zero-order chi connectivity index (χ0) is 9.83. The molecular formula is C11H14O2S2. The number of ether oxygens (including phenoxy) is 2. The largest absolute Gasteiger partial charge is 0.480 e. The van der Waals surface area contributed by atoms with Gasteiger partial charge in [0, 0.05) is 10.5 Å². The van der Waals surface area contributed by atoms with Crippen LogP contribution >= 0.6 is 23.5 Å². The molecule has 4 rings (SSSR count). The van der Waals surface area contributed by atoms with Crippen LogP contribution in [0.5, 0.6) is 0 Å². The van der Waals surface area contributed by atoms with Gasteiger partial charge >= 0.3 is 0 Å². The molecule has 0 N–H and O–H groups in total. The average Bonchev–Trinajstić information content (AvgIpc) is 2.87. The number of fused-ring (bicyclic) bond motifs is 5. The van der Waals surface area contributed by atoms with Crippen LogP contribution in [-0.2, 0) is 9.47 Å². The SMILES string of the molecule is C1COC2=C(O1)SC1C3CCC(C3)C1S2. The van der Waals surface area contributed by atoms with Gasteiger partial charge in [-0.3, -0.25) is 0 Å². The summed E-state index contributed by atoms with van der Waals surface area (Å²) in [5.74, 6) is 1.91. The third-order valence-electron chi connectivity index (χ3n) is 3.97. The summed E-state index contributed by atoms with van der Waals surface area (Å²) in [4.78, 5) is 0. The number of hydrogen-bond donors (Lipinski definition) is 0. The molecule has 0 spiro atoms. The van der Waals surface area contributed by atoms with E-state index >= 15 is 0 Å². The fourth-order valence-electron chi connectivity index (χ4n) is 3.31. The van der Waals surface area contributed by atoms with Crippen molar-refractivity contribution in [1.82, 2.24) is 0 Å². The Labute approximate surface area is 98.1 Å². The maximum absolute atomic E-state index is 5.69. The summed E-state index contributed by atoms with van der Waals surface area (Å²) in [5, 5.41) is 3.79. The Morgan fingerprint density at radius 3 is 1.93 bits per heavy atom. The molecule has 4 atom stereocenters. The molecule has 2 fully saturated rings. The van der Waals surface area contributed by atoms with Crippen LogP contribution in [0.1, 0.15) is 19.3 Å². The van der Waals surface area contributed by atoms with E-state index < -0.39 is 0 Å². The van der Waals surface area contributed by atoms with Gasteiger partial charge in [-0.25, -0.2) is 0 Å². The minimum atomic E-state index is 0.734. The summed E-state index contributed by atoms with van der Waals surface area (Å²) in [6.07, 6.45) is 4.35. The average molecular weight is 242 g/mol. The zero-order valence-electron chi connectivity index (χ0n) is 8.48. The van der Waals surface area contributed by atoms with Crippen LogP contribution < -0.4 is 0 Å². The maximum Gasteiger partial charge on any atom is 0.203 e. The monoisotopic (exact) mass is 242 g/mol. The number of rotatable bonds is 0. The summed E-state index contributed by atoms with van der Waals surface area (Å²) < 4.78 is 11.4. The number of hydrogen-bond acceptors (Lipinski definition) is 4. The van der Waals surface area contributed by atoms with Crippen LogP contribution in [0.25, 0.3) is 0 Å². The van der Waals surface area contributed by atoms with E-state index in [0.717, 1.165) is 45.7 Å². The minimum Gasteiger partial charge on any atom is -0.480 e. The van der Waals surface area contributed by atoms with Crippen LogP contribution in [0.2, 0.25) is 0 Å². The van der Waals surface area contributed by atoms with Crippen molar-refractivity contribution in [2.75, 3.05) is 13.2 Å². The highest BCUT2D eigenvalue weighted by molar-refractivity contribution is 8.10. The fraction of sp³-hybridized carbons (Fsp3) is 0.818. The molecule has 2 heterocycles. The lowest BCUT2D eigenvalue weighted by atomic mass is 10.00. The third-order valence-corrected chi connectivity index (χ3v) is 7.21. The highest BCUT2D eigenvalue weighted by Gasteiger charge is 2.52. The second-order valence-corrected chi connectivity index (χ2v) is 7.07. The van der Waals surface area contributed by atoms with Crippen molar-refractivity contribution in [2.24, 2.45) is 11.8 Å². The Morgan fingerprint density at radius 2 is 1.40 bits per heavy atom. The molecule has 0 aromatic carbocycles. The molecule has 4 aliphatic rings. The molecule has 82 valence electrons. The van der Waals surface area contributed by atoms with E-state index in [2.05, 4.69) is 0 Å². The van der Waals surface area contributed by atoms with Gasteiger partial charge in [0.15, 0.2) is 0 Å². The van der Waals surface area contributed by atoms with Crippen LogP contribution in [0.15, 0.2) is 10.2 Å². The summed E-state index contributed by atoms with van der Waals surface area (Å²) >= 11 is 3.92. The van der Waals surface area contributed by atoms with E-state index in [1.54, 1.807) is 0 Å². The molecule has 2 aliphatic carbocycles. The van der Waals surface area contributed by atoms with Gasteiger partial charge in [0.25, 0.3) is 0 Å². The summed E-state index contributed by atoms with van der Waals surface area (Å²) in [7, 11) is 0. The van der Waals surface area contributed by atoms with Crippen LogP contribution in [0, 0.1) is 11.8 Å². The first-order chi connectivity index (χ1) is 7.42. The Kier molecular flexibility index (Phi) is 1.98. The highest BCUT2D eigenvalue weighted by atomic mass is 32.2. The Balaban J connectivity index is 1.65. The van der Waals surface area contributed by atoms with Crippen LogP contribution in [0.3, 0.4) is 0 Å². The van der Waals surface area contributed by atoms with E-state index in [9.17, 15) is 0 Å². The van der Waals surface area contributed by atoms with Gasteiger partial charge in [-0.05, 0) is 31.1 Å². The van der Waals surface area contributed by atoms with E-state index in [4.69, 9.17) is 9.47 Å². The van der Waals surface area contributed by atoms with Crippen molar-refractivity contribution in [3.8, 4) is 0 Å². The summed E-state index contributed by atoms with van der Waals surface area (Å²) in [6.45, 7) is 1.47. The molecule has 0 aromatic heterocycles. The standard InChI is InChI=1S/C11H14O2S2/c1-2-7-5-6(1)8-9(7)15-11-10(14-8)12-3-4-13-11/h6-9H,1-5H2. The Bertz CT molecular complexity index is 299. The van der Waals surface area contributed by atoms with Crippen molar-refractivity contribution >= 4 is 23.5 Å². The summed E-state index contributed by atoms with van der Waals surface area (Å²) in [6, 6.07) is 0. The second kappa shape index (κ2) is 3.27. The van der Waals surface area contributed by atoms with Crippen LogP contribution in [0.4, 0.5) is 0 Å². The van der Waals surface area contributed by atoms with Gasteiger partial charge in [0.1, 0.15) is 13.2 Å². The predicted molar refractivity (Wildman–Crippen MR) is 62.5 cm³/mol. The van der Waals surface area contributed by atoms with E-state index in [1.165, 1.54) is 19.3 Å². The van der Waals surface area contributed by atoms with Gasteiger partial charge in [-0.2, -0.15) is 0 Å². The van der Waals surface area contributed by atoms with Gasteiger partial charge < -0.3 is 9.47 Å². The molecule has 4 unspecified atom stereocenters. The number of thioether (sulfide) groups is 2. The first-order valence-corrected chi connectivity index (χ1v) is 7.51. The highest BCUT2D eigenvalue weighted by Crippen LogP contribution is 2.60. The molecule has 15 heavy (non-hydrogen) atoms. The normalized spacial score (nSPS) is 46.9. The van der Waals surface area contributed by atoms with Gasteiger partial charge in [-0.15, -0.1) is 0 Å². The van der Waals surface area contributed by atoms with Crippen molar-refractivity contribution in [2.45, 2.75) is 29.8 Å². The molecule has 2 nitrogen and oxygen atoms in total. The summed E-state index contributed by atoms with van der Waals surface area (Å²) in [5.41, 5.74) is 0. The molecule has 0 saturated heterocycles. The first-order valence-electron chi connectivity index (χ1n) is 5.75. The smallest absolute Gasteiger partial charge is 0.203 e. The zero-order valence-corrected chi connectivity index (χ0v) is 10.1. The van der Waals surface area contributed by atoms with E-state index in [-0.39, 0.29) is 0 Å². The molecule has 2 aliphatic heterocycles. The molecule has 0 amide bonds. The van der Waals surface area contributed by atoms with Crippen molar-refractivity contribution < 1.29 is 9.47 Å². The Morgan fingerprint density at radius 1 is 0.867 bits per heavy atom. The quantitative estimate of drug-likeness (QED) is 0.650. The predicted octanol–water partition coefficient (Wildman–Crippen LogP) is 2.81. The lowest BCUT2D eigenvalue weighted by Gasteiger charge is -2.36. The Hall–Kier alpha value is 0.0400. The lowest BCUT2D eigenvalue weighted by molar-refractivity contribution is 0.0930. The van der Waals surface area contributed by atoms with Gasteiger partial charge in [-0.1, -0.05) is 23.5 Å². The topological polar surface area (TPSA) is 18.5 Å². The molecular weight excluding hydrogens is 228 g/mol. The molecule has 4 heteroatoms. The van der Waals surface area contributed by atoms with Crippen molar-refractivity contribution in [3.63, 3.8) is 0 Å². The van der Waals surface area contributed by atoms with E-state index in [0.29, 0.717) is 0 Å². The maximum atomic E-state index is 5.69. The van der Waals surface area contributed by atoms with Gasteiger partial charge in [0.2, 0.25) is 10.2 Å². The van der Waals surface area contributed by atoms with Gasteiger partial charge in [0.05, 0.1) is 0 Å². The third kappa shape index (κ3) is 1.27. The fourth-order valence-corrected chi connectivity index (χ4v) is 6.63. The van der Waals surface area contributed by atoms with Crippen molar-refractivity contribution in [1.29, 1.82) is 0 Å². The van der Waals surface area contributed by atoms with Crippen molar-refractivity contribution in [3.05, 3.63) is 10.2 Å².